The van der Waals surface area contributed by atoms with Crippen LogP contribution in [0, 0.1) is 0 Å². The second kappa shape index (κ2) is 6.46. The van der Waals surface area contributed by atoms with E-state index >= 15 is 0 Å². The summed E-state index contributed by atoms with van der Waals surface area (Å²) in [7, 11) is -3.59. The van der Waals surface area contributed by atoms with Crippen molar-refractivity contribution in [1.82, 2.24) is 9.71 Å². The molecule has 0 saturated carbocycles. The molecule has 1 N–H and O–H groups in total. The Labute approximate surface area is 128 Å². The largest absolute Gasteiger partial charge is 0.295 e. The standard InChI is InChI=1S/C14H16N2O3S2/c1-3-12-8-15-14(20-12)9-16-21(18,19)13-6-4-11(5-7-13)10(2)17/h4-8,16H,3,9H2,1-2H3. The summed E-state index contributed by atoms with van der Waals surface area (Å²) in [6.45, 7) is 3.63. The molecule has 0 amide bonds. The predicted octanol–water partition coefficient (Wildman–Crippen LogP) is 2.39. The van der Waals surface area contributed by atoms with Gasteiger partial charge in [0.15, 0.2) is 5.78 Å². The van der Waals surface area contributed by atoms with E-state index in [4.69, 9.17) is 0 Å². The number of carbonyl (C=O) groups is 1. The third-order valence-corrected chi connectivity index (χ3v) is 5.49. The average Bonchev–Trinajstić information content (AvgIpc) is 2.93. The lowest BCUT2D eigenvalue weighted by atomic mass is 10.2. The van der Waals surface area contributed by atoms with Crippen molar-refractivity contribution in [2.45, 2.75) is 31.7 Å². The Morgan fingerprint density at radius 2 is 1.95 bits per heavy atom. The van der Waals surface area contributed by atoms with E-state index in [-0.39, 0.29) is 17.2 Å². The van der Waals surface area contributed by atoms with Gasteiger partial charge in [0.1, 0.15) is 5.01 Å². The molecule has 0 radical (unpaired) electrons. The van der Waals surface area contributed by atoms with E-state index in [1.54, 1.807) is 6.20 Å². The molecule has 0 fully saturated rings. The average molecular weight is 324 g/mol. The van der Waals surface area contributed by atoms with Crippen molar-refractivity contribution in [3.05, 3.63) is 45.9 Å². The molecule has 7 heteroatoms. The number of hydrogen-bond donors (Lipinski definition) is 1. The van der Waals surface area contributed by atoms with Crippen LogP contribution in [0.1, 0.15) is 34.1 Å². The highest BCUT2D eigenvalue weighted by Gasteiger charge is 2.15. The zero-order chi connectivity index (χ0) is 15.5. The van der Waals surface area contributed by atoms with Gasteiger partial charge in [-0.25, -0.2) is 18.1 Å². The number of sulfonamides is 1. The highest BCUT2D eigenvalue weighted by Crippen LogP contribution is 2.15. The minimum atomic E-state index is -3.59. The first-order valence-electron chi connectivity index (χ1n) is 6.46. The van der Waals surface area contributed by atoms with Crippen molar-refractivity contribution in [3.63, 3.8) is 0 Å². The molecule has 0 aliphatic carbocycles. The first-order valence-corrected chi connectivity index (χ1v) is 8.76. The van der Waals surface area contributed by atoms with Crippen LogP contribution in [0.25, 0.3) is 0 Å². The van der Waals surface area contributed by atoms with Gasteiger partial charge in [0, 0.05) is 16.6 Å². The minimum absolute atomic E-state index is 0.0956. The highest BCUT2D eigenvalue weighted by molar-refractivity contribution is 7.89. The van der Waals surface area contributed by atoms with Gasteiger partial charge in [0.25, 0.3) is 0 Å². The first kappa shape index (κ1) is 15.8. The van der Waals surface area contributed by atoms with Crippen molar-refractivity contribution in [2.24, 2.45) is 0 Å². The van der Waals surface area contributed by atoms with Crippen LogP contribution in [-0.4, -0.2) is 19.2 Å². The molecule has 0 saturated heterocycles. The summed E-state index contributed by atoms with van der Waals surface area (Å²) in [5, 5.41) is 0.732. The maximum absolute atomic E-state index is 12.1. The Kier molecular flexibility index (Phi) is 4.87. The SMILES string of the molecule is CCc1cnc(CNS(=O)(=O)c2ccc(C(C)=O)cc2)s1. The normalized spacial score (nSPS) is 11.5. The molecule has 0 aliphatic heterocycles. The number of carbonyl (C=O) groups excluding carboxylic acids is 1. The van der Waals surface area contributed by atoms with Crippen LogP contribution in [0.3, 0.4) is 0 Å². The summed E-state index contributed by atoms with van der Waals surface area (Å²) in [5.74, 6) is -0.0956. The molecule has 0 atom stereocenters. The van der Waals surface area contributed by atoms with E-state index in [1.165, 1.54) is 42.5 Å². The van der Waals surface area contributed by atoms with Crippen LogP contribution in [0.4, 0.5) is 0 Å². The van der Waals surface area contributed by atoms with E-state index in [9.17, 15) is 13.2 Å². The number of ketones is 1. The number of nitrogens with zero attached hydrogens (tertiary/aromatic N) is 1. The molecule has 2 rings (SSSR count). The lowest BCUT2D eigenvalue weighted by Crippen LogP contribution is -2.23. The second-order valence-corrected chi connectivity index (χ2v) is 7.45. The lowest BCUT2D eigenvalue weighted by molar-refractivity contribution is 0.101. The zero-order valence-corrected chi connectivity index (χ0v) is 13.4. The Morgan fingerprint density at radius 3 is 2.48 bits per heavy atom. The van der Waals surface area contributed by atoms with Gasteiger partial charge in [-0.2, -0.15) is 0 Å². The highest BCUT2D eigenvalue weighted by atomic mass is 32.2. The molecule has 0 aliphatic rings. The molecule has 0 spiro atoms. The Morgan fingerprint density at radius 1 is 1.29 bits per heavy atom. The summed E-state index contributed by atoms with van der Waals surface area (Å²) < 4.78 is 26.8. The van der Waals surface area contributed by atoms with Crippen LogP contribution in [0.5, 0.6) is 0 Å². The number of nitrogens with one attached hydrogen (secondary N) is 1. The van der Waals surface area contributed by atoms with Crippen LogP contribution in [-0.2, 0) is 23.0 Å². The molecule has 112 valence electrons. The Bertz CT molecular complexity index is 734. The number of aromatic nitrogens is 1. The smallest absolute Gasteiger partial charge is 0.240 e. The van der Waals surface area contributed by atoms with Gasteiger partial charge in [-0.1, -0.05) is 19.1 Å². The molecule has 2 aromatic rings. The number of thiazole rings is 1. The van der Waals surface area contributed by atoms with Crippen molar-refractivity contribution in [3.8, 4) is 0 Å². The van der Waals surface area contributed by atoms with E-state index in [0.717, 1.165) is 16.3 Å². The number of hydrogen-bond acceptors (Lipinski definition) is 5. The maximum Gasteiger partial charge on any atom is 0.240 e. The maximum atomic E-state index is 12.1. The van der Waals surface area contributed by atoms with Gasteiger partial charge >= 0.3 is 0 Å². The summed E-state index contributed by atoms with van der Waals surface area (Å²) >= 11 is 1.49. The fourth-order valence-corrected chi connectivity index (χ4v) is 3.58. The van der Waals surface area contributed by atoms with Crippen molar-refractivity contribution in [2.75, 3.05) is 0 Å². The molecule has 1 heterocycles. The minimum Gasteiger partial charge on any atom is -0.295 e. The zero-order valence-electron chi connectivity index (χ0n) is 11.8. The Hall–Kier alpha value is -1.57. The van der Waals surface area contributed by atoms with E-state index < -0.39 is 10.0 Å². The molecule has 1 aromatic carbocycles. The van der Waals surface area contributed by atoms with E-state index in [0.29, 0.717) is 5.56 Å². The monoisotopic (exact) mass is 324 g/mol. The third-order valence-electron chi connectivity index (χ3n) is 2.93. The molecule has 0 bridgehead atoms. The van der Waals surface area contributed by atoms with Gasteiger partial charge in [-0.3, -0.25) is 4.79 Å². The number of Topliss-reactive ketones (excluding diaryl/α,β-unsaturated/α-hetero) is 1. The van der Waals surface area contributed by atoms with Gasteiger partial charge in [0.05, 0.1) is 11.4 Å². The second-order valence-electron chi connectivity index (χ2n) is 4.48. The summed E-state index contributed by atoms with van der Waals surface area (Å²) in [6, 6.07) is 5.88. The fourth-order valence-electron chi connectivity index (χ4n) is 1.70. The number of aryl methyl sites for hydroxylation is 1. The summed E-state index contributed by atoms with van der Waals surface area (Å²) in [6.07, 6.45) is 2.65. The number of benzene rings is 1. The molecule has 21 heavy (non-hydrogen) atoms. The van der Waals surface area contributed by atoms with Gasteiger partial charge < -0.3 is 0 Å². The molecule has 1 aromatic heterocycles. The predicted molar refractivity (Wildman–Crippen MR) is 82.0 cm³/mol. The van der Waals surface area contributed by atoms with Crippen LogP contribution in [0.15, 0.2) is 35.4 Å². The van der Waals surface area contributed by atoms with Crippen molar-refractivity contribution >= 4 is 27.1 Å². The Balaban J connectivity index is 2.09. The summed E-state index contributed by atoms with van der Waals surface area (Å²) in [4.78, 5) is 16.6. The van der Waals surface area contributed by atoms with Crippen LogP contribution in [0.2, 0.25) is 0 Å². The quantitative estimate of drug-likeness (QED) is 0.828. The molecular formula is C14H16N2O3S2. The molecule has 5 nitrogen and oxygen atoms in total. The van der Waals surface area contributed by atoms with E-state index in [1.807, 2.05) is 6.92 Å². The van der Waals surface area contributed by atoms with Crippen LogP contribution < -0.4 is 4.72 Å². The third kappa shape index (κ3) is 3.96. The molecule has 0 unspecified atom stereocenters. The van der Waals surface area contributed by atoms with Crippen molar-refractivity contribution < 1.29 is 13.2 Å². The first-order chi connectivity index (χ1) is 9.92. The summed E-state index contributed by atoms with van der Waals surface area (Å²) in [5.41, 5.74) is 0.487. The topological polar surface area (TPSA) is 76.1 Å². The number of rotatable bonds is 6. The van der Waals surface area contributed by atoms with E-state index in [2.05, 4.69) is 9.71 Å². The lowest BCUT2D eigenvalue weighted by Gasteiger charge is -2.05. The van der Waals surface area contributed by atoms with Crippen LogP contribution >= 0.6 is 11.3 Å². The van der Waals surface area contributed by atoms with Crippen molar-refractivity contribution in [1.29, 1.82) is 0 Å². The van der Waals surface area contributed by atoms with Gasteiger partial charge in [0.2, 0.25) is 10.0 Å². The van der Waals surface area contributed by atoms with Gasteiger partial charge in [-0.15, -0.1) is 11.3 Å². The van der Waals surface area contributed by atoms with Gasteiger partial charge in [-0.05, 0) is 25.5 Å². The fraction of sp³-hybridized carbons (Fsp3) is 0.286. The molecular weight excluding hydrogens is 308 g/mol.